The summed E-state index contributed by atoms with van der Waals surface area (Å²) in [7, 11) is 1.42. The summed E-state index contributed by atoms with van der Waals surface area (Å²) in [4.78, 5) is 11.6. The van der Waals surface area contributed by atoms with Crippen molar-refractivity contribution in [3.05, 3.63) is 41.7 Å². The molecule has 0 aliphatic rings. The van der Waals surface area contributed by atoms with Crippen LogP contribution in [-0.4, -0.2) is 17.5 Å². The summed E-state index contributed by atoms with van der Waals surface area (Å²) >= 11 is 0. The number of hydrogen-bond donors (Lipinski definition) is 0. The van der Waals surface area contributed by atoms with Crippen molar-refractivity contribution < 1.29 is 9.53 Å². The molecule has 0 atom stereocenters. The molecule has 0 fully saturated rings. The lowest BCUT2D eigenvalue weighted by molar-refractivity contribution is 0.0599. The molecule has 3 nitrogen and oxygen atoms in total. The molecular formula is C13H15NO2. The summed E-state index contributed by atoms with van der Waals surface area (Å²) in [6, 6.07) is 7.81. The van der Waals surface area contributed by atoms with E-state index in [0.29, 0.717) is 5.56 Å². The molecule has 84 valence electrons. The molecule has 0 saturated carbocycles. The van der Waals surface area contributed by atoms with Gasteiger partial charge in [-0.2, -0.15) is 0 Å². The second kappa shape index (κ2) is 4.39. The van der Waals surface area contributed by atoms with Crippen molar-refractivity contribution in [2.45, 2.75) is 19.8 Å². The molecule has 2 aromatic heterocycles. The van der Waals surface area contributed by atoms with Gasteiger partial charge in [-0.25, -0.2) is 4.79 Å². The van der Waals surface area contributed by atoms with E-state index in [1.54, 1.807) is 0 Å². The number of methoxy groups -OCH3 is 1. The van der Waals surface area contributed by atoms with Crippen LogP contribution in [0.2, 0.25) is 0 Å². The van der Waals surface area contributed by atoms with Crippen LogP contribution in [0.3, 0.4) is 0 Å². The van der Waals surface area contributed by atoms with Crippen LogP contribution in [0, 0.1) is 0 Å². The molecule has 0 aliphatic carbocycles. The minimum atomic E-state index is -0.257. The van der Waals surface area contributed by atoms with Crippen molar-refractivity contribution in [3.8, 4) is 0 Å². The predicted octanol–water partition coefficient (Wildman–Crippen LogP) is 2.68. The van der Waals surface area contributed by atoms with E-state index in [0.717, 1.165) is 24.1 Å². The standard InChI is InChI=1S/C13H15NO2/c1-3-6-12-11(13(15)16-2)9-10-7-4-5-8-14(10)12/h4-5,7-9H,3,6H2,1-2H3. The third kappa shape index (κ3) is 1.69. The minimum Gasteiger partial charge on any atom is -0.465 e. The van der Waals surface area contributed by atoms with Crippen LogP contribution in [-0.2, 0) is 11.2 Å². The molecule has 0 spiro atoms. The van der Waals surface area contributed by atoms with Gasteiger partial charge in [0.25, 0.3) is 0 Å². The van der Waals surface area contributed by atoms with Crippen molar-refractivity contribution in [1.82, 2.24) is 4.40 Å². The van der Waals surface area contributed by atoms with Crippen LogP contribution in [0.25, 0.3) is 5.52 Å². The lowest BCUT2D eigenvalue weighted by atomic mass is 10.1. The summed E-state index contributed by atoms with van der Waals surface area (Å²) in [6.45, 7) is 2.10. The monoisotopic (exact) mass is 217 g/mol. The fourth-order valence-electron chi connectivity index (χ4n) is 1.96. The largest absolute Gasteiger partial charge is 0.465 e. The minimum absolute atomic E-state index is 0.257. The first-order valence-electron chi connectivity index (χ1n) is 5.45. The Hall–Kier alpha value is -1.77. The van der Waals surface area contributed by atoms with E-state index in [1.807, 2.05) is 30.5 Å². The molecule has 0 aliphatic heterocycles. The molecule has 0 bridgehead atoms. The second-order valence-corrected chi connectivity index (χ2v) is 3.74. The van der Waals surface area contributed by atoms with E-state index in [1.165, 1.54) is 7.11 Å². The van der Waals surface area contributed by atoms with Gasteiger partial charge in [0.15, 0.2) is 0 Å². The molecular weight excluding hydrogens is 202 g/mol. The molecule has 2 aromatic rings. The van der Waals surface area contributed by atoms with E-state index in [4.69, 9.17) is 4.74 Å². The molecule has 0 N–H and O–H groups in total. The number of carbonyl (C=O) groups is 1. The van der Waals surface area contributed by atoms with Crippen LogP contribution in [0.5, 0.6) is 0 Å². The van der Waals surface area contributed by atoms with Gasteiger partial charge in [-0.1, -0.05) is 19.4 Å². The van der Waals surface area contributed by atoms with Crippen molar-refractivity contribution in [2.24, 2.45) is 0 Å². The molecule has 0 unspecified atom stereocenters. The summed E-state index contributed by atoms with van der Waals surface area (Å²) in [5, 5.41) is 0. The first-order valence-corrected chi connectivity index (χ1v) is 5.45. The zero-order valence-corrected chi connectivity index (χ0v) is 9.56. The van der Waals surface area contributed by atoms with Crippen LogP contribution < -0.4 is 0 Å². The quantitative estimate of drug-likeness (QED) is 0.740. The van der Waals surface area contributed by atoms with Gasteiger partial charge in [0.05, 0.1) is 12.7 Å². The average Bonchev–Trinajstić information content (AvgIpc) is 2.68. The number of hydrogen-bond acceptors (Lipinski definition) is 2. The second-order valence-electron chi connectivity index (χ2n) is 3.74. The van der Waals surface area contributed by atoms with E-state index < -0.39 is 0 Å². The molecule has 2 heterocycles. The fourth-order valence-corrected chi connectivity index (χ4v) is 1.96. The molecule has 3 heteroatoms. The Morgan fingerprint density at radius 1 is 1.44 bits per heavy atom. The number of rotatable bonds is 3. The molecule has 2 rings (SSSR count). The Balaban J connectivity index is 2.62. The first-order chi connectivity index (χ1) is 7.77. The van der Waals surface area contributed by atoms with Gasteiger partial charge in [0.2, 0.25) is 0 Å². The van der Waals surface area contributed by atoms with Gasteiger partial charge in [0, 0.05) is 17.4 Å². The Morgan fingerprint density at radius 3 is 2.94 bits per heavy atom. The highest BCUT2D eigenvalue weighted by molar-refractivity contribution is 5.92. The Labute approximate surface area is 94.6 Å². The summed E-state index contributed by atoms with van der Waals surface area (Å²) in [6.07, 6.45) is 3.86. The van der Waals surface area contributed by atoms with Gasteiger partial charge < -0.3 is 9.14 Å². The third-order valence-electron chi connectivity index (χ3n) is 2.68. The zero-order valence-electron chi connectivity index (χ0n) is 9.56. The van der Waals surface area contributed by atoms with Crippen LogP contribution in [0.1, 0.15) is 29.4 Å². The Morgan fingerprint density at radius 2 is 2.25 bits per heavy atom. The Kier molecular flexibility index (Phi) is 2.95. The fraction of sp³-hybridized carbons (Fsp3) is 0.308. The number of esters is 1. The molecule has 0 radical (unpaired) electrons. The normalized spacial score (nSPS) is 10.6. The predicted molar refractivity (Wildman–Crippen MR) is 62.7 cm³/mol. The number of ether oxygens (including phenoxy) is 1. The number of aromatic nitrogens is 1. The zero-order chi connectivity index (χ0) is 11.5. The molecule has 0 aromatic carbocycles. The summed E-state index contributed by atoms with van der Waals surface area (Å²) < 4.78 is 6.85. The van der Waals surface area contributed by atoms with E-state index in [9.17, 15) is 4.79 Å². The third-order valence-corrected chi connectivity index (χ3v) is 2.68. The number of pyridine rings is 1. The lowest BCUT2D eigenvalue weighted by Crippen LogP contribution is -2.05. The number of aryl methyl sites for hydroxylation is 1. The summed E-state index contributed by atoms with van der Waals surface area (Å²) in [5.74, 6) is -0.257. The maximum absolute atomic E-state index is 11.6. The maximum atomic E-state index is 11.6. The number of nitrogens with zero attached hydrogens (tertiary/aromatic N) is 1. The van der Waals surface area contributed by atoms with E-state index >= 15 is 0 Å². The van der Waals surface area contributed by atoms with E-state index in [-0.39, 0.29) is 5.97 Å². The van der Waals surface area contributed by atoms with E-state index in [2.05, 4.69) is 11.3 Å². The smallest absolute Gasteiger partial charge is 0.339 e. The molecule has 16 heavy (non-hydrogen) atoms. The van der Waals surface area contributed by atoms with Gasteiger partial charge >= 0.3 is 5.97 Å². The van der Waals surface area contributed by atoms with Gasteiger partial charge in [-0.3, -0.25) is 0 Å². The van der Waals surface area contributed by atoms with Crippen molar-refractivity contribution in [2.75, 3.05) is 7.11 Å². The summed E-state index contributed by atoms with van der Waals surface area (Å²) in [5.41, 5.74) is 2.74. The molecule has 0 saturated heterocycles. The van der Waals surface area contributed by atoms with Gasteiger partial charge in [-0.05, 0) is 24.6 Å². The topological polar surface area (TPSA) is 30.7 Å². The van der Waals surface area contributed by atoms with Crippen LogP contribution in [0.4, 0.5) is 0 Å². The highest BCUT2D eigenvalue weighted by Crippen LogP contribution is 2.19. The van der Waals surface area contributed by atoms with Gasteiger partial charge in [-0.15, -0.1) is 0 Å². The Bertz CT molecular complexity index is 514. The van der Waals surface area contributed by atoms with Crippen molar-refractivity contribution >= 4 is 11.5 Å². The highest BCUT2D eigenvalue weighted by Gasteiger charge is 2.15. The van der Waals surface area contributed by atoms with Crippen molar-refractivity contribution in [1.29, 1.82) is 0 Å². The maximum Gasteiger partial charge on any atom is 0.339 e. The number of fused-ring (bicyclic) bond motifs is 1. The van der Waals surface area contributed by atoms with Crippen LogP contribution in [0.15, 0.2) is 30.5 Å². The SMILES string of the molecule is CCCc1c(C(=O)OC)cc2ccccn12. The highest BCUT2D eigenvalue weighted by atomic mass is 16.5. The first kappa shape index (κ1) is 10.7. The average molecular weight is 217 g/mol. The molecule has 0 amide bonds. The number of carbonyl (C=O) groups excluding carboxylic acids is 1. The van der Waals surface area contributed by atoms with Crippen molar-refractivity contribution in [3.63, 3.8) is 0 Å². The lowest BCUT2D eigenvalue weighted by Gasteiger charge is -2.03. The van der Waals surface area contributed by atoms with Crippen LogP contribution >= 0.6 is 0 Å². The van der Waals surface area contributed by atoms with Gasteiger partial charge in [0.1, 0.15) is 0 Å².